The molecule has 2 amide bonds. The predicted molar refractivity (Wildman–Crippen MR) is 141 cm³/mol. The molecular formula is C27H26Cl2N2O5. The van der Waals surface area contributed by atoms with Crippen molar-refractivity contribution < 1.29 is 24.2 Å². The van der Waals surface area contributed by atoms with Crippen molar-refractivity contribution in [3.63, 3.8) is 0 Å². The Hall–Kier alpha value is -3.55. The number of carbonyl (C=O) groups excluding carboxylic acids is 2. The van der Waals surface area contributed by atoms with Crippen LogP contribution in [0.1, 0.15) is 36.7 Å². The number of carboxylic acid groups (broad SMARTS) is 1. The largest absolute Gasteiger partial charge is 0.480 e. The number of nitrogens with one attached hydrogen (secondary N) is 2. The van der Waals surface area contributed by atoms with Gasteiger partial charge < -0.3 is 15.2 Å². The number of anilines is 1. The average Bonchev–Trinajstić information content (AvgIpc) is 2.78. The maximum atomic E-state index is 12.7. The summed E-state index contributed by atoms with van der Waals surface area (Å²) in [5, 5.41) is 15.2. The van der Waals surface area contributed by atoms with Crippen LogP contribution in [0.3, 0.4) is 0 Å². The Bertz CT molecular complexity index is 1250. The van der Waals surface area contributed by atoms with Crippen LogP contribution in [0.2, 0.25) is 10.0 Å². The second-order valence-electron chi connectivity index (χ2n) is 9.03. The molecule has 0 aromatic heterocycles. The molecule has 9 heteroatoms. The average molecular weight is 529 g/mol. The van der Waals surface area contributed by atoms with Gasteiger partial charge in [0.2, 0.25) is 0 Å². The van der Waals surface area contributed by atoms with E-state index in [2.05, 4.69) is 10.6 Å². The van der Waals surface area contributed by atoms with E-state index in [1.165, 1.54) is 12.1 Å². The molecule has 0 aliphatic carbocycles. The Labute approximate surface area is 219 Å². The van der Waals surface area contributed by atoms with Crippen LogP contribution in [0.4, 0.5) is 10.5 Å². The highest BCUT2D eigenvalue weighted by atomic mass is 35.5. The Morgan fingerprint density at radius 1 is 0.917 bits per heavy atom. The Balaban J connectivity index is 1.75. The molecule has 0 heterocycles. The summed E-state index contributed by atoms with van der Waals surface area (Å²) in [6.45, 7) is 5.35. The monoisotopic (exact) mass is 528 g/mol. The van der Waals surface area contributed by atoms with Gasteiger partial charge in [-0.3, -0.25) is 10.1 Å². The van der Waals surface area contributed by atoms with Gasteiger partial charge in [0, 0.05) is 12.0 Å². The van der Waals surface area contributed by atoms with Crippen LogP contribution in [0.15, 0.2) is 66.7 Å². The highest BCUT2D eigenvalue weighted by molar-refractivity contribution is 6.39. The fourth-order valence-corrected chi connectivity index (χ4v) is 4.03. The molecule has 0 aliphatic heterocycles. The third-order valence-corrected chi connectivity index (χ3v) is 5.69. The Morgan fingerprint density at radius 2 is 1.53 bits per heavy atom. The predicted octanol–water partition coefficient (Wildman–Crippen LogP) is 6.43. The number of carboxylic acids is 1. The molecule has 0 saturated heterocycles. The van der Waals surface area contributed by atoms with E-state index in [0.717, 1.165) is 11.1 Å². The third kappa shape index (κ3) is 7.23. The second-order valence-corrected chi connectivity index (χ2v) is 9.85. The molecule has 7 nitrogen and oxygen atoms in total. The van der Waals surface area contributed by atoms with Crippen molar-refractivity contribution in [2.45, 2.75) is 38.8 Å². The minimum atomic E-state index is -1.20. The minimum absolute atomic E-state index is 0.0246. The van der Waals surface area contributed by atoms with Crippen molar-refractivity contribution >= 4 is 46.9 Å². The summed E-state index contributed by atoms with van der Waals surface area (Å²) in [7, 11) is 0. The van der Waals surface area contributed by atoms with Crippen LogP contribution >= 0.6 is 23.2 Å². The number of hydrogen-bond donors (Lipinski definition) is 3. The van der Waals surface area contributed by atoms with E-state index in [-0.39, 0.29) is 22.0 Å². The summed E-state index contributed by atoms with van der Waals surface area (Å²) in [4.78, 5) is 36.7. The van der Waals surface area contributed by atoms with Gasteiger partial charge in [-0.15, -0.1) is 0 Å². The molecule has 0 aliphatic rings. The van der Waals surface area contributed by atoms with E-state index >= 15 is 0 Å². The van der Waals surface area contributed by atoms with Gasteiger partial charge in [-0.25, -0.2) is 9.59 Å². The first-order valence-corrected chi connectivity index (χ1v) is 11.9. The number of benzene rings is 3. The van der Waals surface area contributed by atoms with Crippen molar-refractivity contribution in [3.05, 3.63) is 87.9 Å². The van der Waals surface area contributed by atoms with Crippen molar-refractivity contribution in [1.29, 1.82) is 0 Å². The van der Waals surface area contributed by atoms with E-state index in [0.29, 0.717) is 11.3 Å². The van der Waals surface area contributed by atoms with Crippen molar-refractivity contribution in [3.8, 4) is 11.1 Å². The second kappa shape index (κ2) is 11.5. The summed E-state index contributed by atoms with van der Waals surface area (Å²) < 4.78 is 5.34. The Morgan fingerprint density at radius 3 is 2.11 bits per heavy atom. The van der Waals surface area contributed by atoms with Gasteiger partial charge >= 0.3 is 12.1 Å². The van der Waals surface area contributed by atoms with Crippen LogP contribution in [0, 0.1) is 0 Å². The first-order valence-electron chi connectivity index (χ1n) is 11.1. The topological polar surface area (TPSA) is 105 Å². The summed E-state index contributed by atoms with van der Waals surface area (Å²) in [6.07, 6.45) is -0.522. The van der Waals surface area contributed by atoms with Gasteiger partial charge in [0.15, 0.2) is 0 Å². The molecule has 0 bridgehead atoms. The molecule has 0 spiro atoms. The summed E-state index contributed by atoms with van der Waals surface area (Å²) in [6, 6.07) is 17.9. The molecule has 3 N–H and O–H groups in total. The zero-order valence-electron chi connectivity index (χ0n) is 20.0. The Kier molecular flexibility index (Phi) is 8.61. The first-order chi connectivity index (χ1) is 16.9. The summed E-state index contributed by atoms with van der Waals surface area (Å²) in [5.41, 5.74) is 2.24. The fourth-order valence-electron chi connectivity index (χ4n) is 3.46. The zero-order chi connectivity index (χ0) is 26.5. The summed E-state index contributed by atoms with van der Waals surface area (Å²) in [5.74, 6) is -1.86. The number of hydrogen-bond acceptors (Lipinski definition) is 4. The van der Waals surface area contributed by atoms with Crippen LogP contribution in [-0.2, 0) is 16.0 Å². The van der Waals surface area contributed by atoms with E-state index < -0.39 is 29.6 Å². The van der Waals surface area contributed by atoms with Gasteiger partial charge in [0.1, 0.15) is 11.6 Å². The number of halogens is 2. The standard InChI is InChI=1S/C27H26Cl2N2O5/c1-27(2,3)36-26(35)31-21-10-5-4-7-18(21)17-13-11-16(12-14-17)15-22(25(33)34)30-24(32)23-19(28)8-6-9-20(23)29/h4-14,22H,15H2,1-3H3,(H,30,32)(H,31,35)(H,33,34)/t22-/m0/s1. The smallest absolute Gasteiger partial charge is 0.412 e. The normalized spacial score (nSPS) is 11.9. The van der Waals surface area contributed by atoms with Crippen LogP contribution in [0.5, 0.6) is 0 Å². The molecule has 0 fully saturated rings. The molecule has 0 radical (unpaired) electrons. The molecule has 0 unspecified atom stereocenters. The number of aliphatic carboxylic acids is 1. The van der Waals surface area contributed by atoms with Crippen molar-refractivity contribution in [2.75, 3.05) is 5.32 Å². The van der Waals surface area contributed by atoms with Crippen LogP contribution in [-0.4, -0.2) is 34.7 Å². The number of carbonyl (C=O) groups is 3. The number of amides is 2. The van der Waals surface area contributed by atoms with E-state index in [9.17, 15) is 19.5 Å². The zero-order valence-corrected chi connectivity index (χ0v) is 21.5. The molecule has 3 rings (SSSR count). The number of ether oxygens (including phenoxy) is 1. The van der Waals surface area contributed by atoms with E-state index in [1.54, 1.807) is 51.1 Å². The molecular weight excluding hydrogens is 503 g/mol. The summed E-state index contributed by atoms with van der Waals surface area (Å²) >= 11 is 12.1. The lowest BCUT2D eigenvalue weighted by molar-refractivity contribution is -0.139. The highest BCUT2D eigenvalue weighted by Gasteiger charge is 2.24. The fraction of sp³-hybridized carbons (Fsp3) is 0.222. The maximum absolute atomic E-state index is 12.7. The van der Waals surface area contributed by atoms with Gasteiger partial charge in [-0.1, -0.05) is 71.7 Å². The van der Waals surface area contributed by atoms with Gasteiger partial charge in [-0.05, 0) is 50.1 Å². The van der Waals surface area contributed by atoms with Crippen LogP contribution in [0.25, 0.3) is 11.1 Å². The molecule has 1 atom stereocenters. The lowest BCUT2D eigenvalue weighted by Crippen LogP contribution is -2.42. The molecule has 36 heavy (non-hydrogen) atoms. The van der Waals surface area contributed by atoms with Gasteiger partial charge in [0.25, 0.3) is 5.91 Å². The third-order valence-electron chi connectivity index (χ3n) is 5.06. The number of rotatable bonds is 7. The number of para-hydroxylation sites is 1. The molecule has 3 aromatic rings. The minimum Gasteiger partial charge on any atom is -0.480 e. The maximum Gasteiger partial charge on any atom is 0.412 e. The quantitative estimate of drug-likeness (QED) is 0.327. The van der Waals surface area contributed by atoms with E-state index in [1.807, 2.05) is 24.3 Å². The molecule has 0 saturated carbocycles. The van der Waals surface area contributed by atoms with Crippen molar-refractivity contribution in [2.24, 2.45) is 0 Å². The van der Waals surface area contributed by atoms with E-state index in [4.69, 9.17) is 27.9 Å². The molecule has 3 aromatic carbocycles. The first kappa shape index (κ1) is 27.0. The van der Waals surface area contributed by atoms with Gasteiger partial charge in [0.05, 0.1) is 21.3 Å². The SMILES string of the molecule is CC(C)(C)OC(=O)Nc1ccccc1-c1ccc(C[C@H](NC(=O)c2c(Cl)cccc2Cl)C(=O)O)cc1. The lowest BCUT2D eigenvalue weighted by Gasteiger charge is -2.20. The lowest BCUT2D eigenvalue weighted by atomic mass is 9.99. The van der Waals surface area contributed by atoms with Crippen molar-refractivity contribution in [1.82, 2.24) is 5.32 Å². The highest BCUT2D eigenvalue weighted by Crippen LogP contribution is 2.29. The van der Waals surface area contributed by atoms with Gasteiger partial charge in [-0.2, -0.15) is 0 Å². The molecule has 188 valence electrons. The van der Waals surface area contributed by atoms with Crippen LogP contribution < -0.4 is 10.6 Å².